The number of para-hydroxylation sites is 1. The summed E-state index contributed by atoms with van der Waals surface area (Å²) in [7, 11) is 4.17. The summed E-state index contributed by atoms with van der Waals surface area (Å²) in [5.74, 6) is 0. The van der Waals surface area contributed by atoms with Gasteiger partial charge in [0.25, 0.3) is 0 Å². The van der Waals surface area contributed by atoms with Gasteiger partial charge in [0.2, 0.25) is 0 Å². The first-order chi connectivity index (χ1) is 10.7. The van der Waals surface area contributed by atoms with Crippen LogP contribution in [0.15, 0.2) is 60.7 Å². The van der Waals surface area contributed by atoms with Crippen molar-refractivity contribution in [2.75, 3.05) is 32.5 Å². The second-order valence-electron chi connectivity index (χ2n) is 5.67. The van der Waals surface area contributed by atoms with Crippen LogP contribution in [0.25, 0.3) is 22.2 Å². The van der Waals surface area contributed by atoms with E-state index in [1.54, 1.807) is 0 Å². The molecule has 26 heavy (non-hydrogen) atoms. The minimum atomic E-state index is 0. The van der Waals surface area contributed by atoms with Gasteiger partial charge in [-0.15, -0.1) is 34.0 Å². The molecule has 7 heteroatoms. The van der Waals surface area contributed by atoms with E-state index in [1.165, 1.54) is 5.39 Å². The fourth-order valence-electron chi connectivity index (χ4n) is 2.49. The Morgan fingerprint density at radius 2 is 1.50 bits per heavy atom. The smallest absolute Gasteiger partial charge is 0.0730 e. The number of aromatic nitrogens is 1. The molecule has 5 N–H and O–H groups in total. The van der Waals surface area contributed by atoms with Gasteiger partial charge in [-0.1, -0.05) is 48.5 Å². The first-order valence-electron chi connectivity index (χ1n) is 7.58. The lowest BCUT2D eigenvalue weighted by Gasteiger charge is -2.14. The third-order valence-corrected chi connectivity index (χ3v) is 3.66. The number of halogens is 2. The number of nitrogens with zero attached hydrogens (tertiary/aromatic N) is 2. The second kappa shape index (κ2) is 12.8. The first-order valence-corrected chi connectivity index (χ1v) is 7.58. The molecule has 0 radical (unpaired) electrons. The Labute approximate surface area is 175 Å². The molecule has 0 saturated heterocycles. The topological polar surface area (TPSA) is 91.2 Å². The molecule has 0 aliphatic heterocycles. The molecule has 2 aromatic carbocycles. The Kier molecular flexibility index (Phi) is 13.1. The molecule has 0 bridgehead atoms. The van der Waals surface area contributed by atoms with E-state index < -0.39 is 0 Å². The van der Waals surface area contributed by atoms with E-state index in [0.717, 1.165) is 35.6 Å². The molecule has 1 aromatic heterocycles. The fourth-order valence-corrected chi connectivity index (χ4v) is 2.49. The van der Waals surface area contributed by atoms with Crippen LogP contribution in [0.5, 0.6) is 0 Å². The molecule has 0 spiro atoms. The minimum Gasteiger partial charge on any atom is -0.412 e. The highest BCUT2D eigenvalue weighted by molar-refractivity contribution is 8.93. The van der Waals surface area contributed by atoms with Crippen molar-refractivity contribution in [2.24, 2.45) is 0 Å². The monoisotopic (exact) mass is 487 g/mol. The summed E-state index contributed by atoms with van der Waals surface area (Å²) in [6.07, 6.45) is 0. The van der Waals surface area contributed by atoms with Crippen molar-refractivity contribution < 1.29 is 11.0 Å². The largest absolute Gasteiger partial charge is 0.412 e. The Balaban J connectivity index is 0. The Morgan fingerprint density at radius 1 is 0.885 bits per heavy atom. The van der Waals surface area contributed by atoms with Gasteiger partial charge in [-0.2, -0.15) is 0 Å². The molecule has 0 amide bonds. The van der Waals surface area contributed by atoms with Crippen LogP contribution in [0.1, 0.15) is 0 Å². The fraction of sp³-hybridized carbons (Fsp3) is 0.211. The van der Waals surface area contributed by atoms with Gasteiger partial charge in [-0.25, -0.2) is 4.98 Å². The van der Waals surface area contributed by atoms with Gasteiger partial charge in [0.15, 0.2) is 0 Å². The molecule has 0 saturated carbocycles. The summed E-state index contributed by atoms with van der Waals surface area (Å²) >= 11 is 0. The predicted octanol–water partition coefficient (Wildman–Crippen LogP) is 3.38. The van der Waals surface area contributed by atoms with Crippen molar-refractivity contribution in [3.05, 3.63) is 60.7 Å². The second-order valence-corrected chi connectivity index (χ2v) is 5.67. The Morgan fingerprint density at radius 3 is 2.15 bits per heavy atom. The number of hydrogen-bond donors (Lipinski definition) is 1. The van der Waals surface area contributed by atoms with Crippen LogP contribution in [0.4, 0.5) is 5.69 Å². The molecule has 5 nitrogen and oxygen atoms in total. The van der Waals surface area contributed by atoms with Gasteiger partial charge in [-0.05, 0) is 26.2 Å². The summed E-state index contributed by atoms with van der Waals surface area (Å²) in [5.41, 5.74) is 4.32. The van der Waals surface area contributed by atoms with Crippen LogP contribution in [0, 0.1) is 0 Å². The summed E-state index contributed by atoms with van der Waals surface area (Å²) in [6.45, 7) is 1.91. The van der Waals surface area contributed by atoms with Crippen molar-refractivity contribution in [3.8, 4) is 11.3 Å². The molecular weight excluding hydrogens is 462 g/mol. The average Bonchev–Trinajstić information content (AvgIpc) is 2.55. The van der Waals surface area contributed by atoms with Crippen LogP contribution < -0.4 is 5.32 Å². The van der Waals surface area contributed by atoms with Crippen LogP contribution in [-0.4, -0.2) is 48.0 Å². The van der Waals surface area contributed by atoms with Crippen molar-refractivity contribution in [1.82, 2.24) is 9.88 Å². The van der Waals surface area contributed by atoms with E-state index in [-0.39, 0.29) is 44.9 Å². The quantitative estimate of drug-likeness (QED) is 0.596. The summed E-state index contributed by atoms with van der Waals surface area (Å²) in [5, 5.41) is 4.72. The van der Waals surface area contributed by atoms with E-state index in [2.05, 4.69) is 60.7 Å². The van der Waals surface area contributed by atoms with Gasteiger partial charge in [0.05, 0.1) is 11.2 Å². The summed E-state index contributed by atoms with van der Waals surface area (Å²) in [6, 6.07) is 20.7. The SMILES string of the molecule is Br.Br.CN(C)CCNc1cc(-c2ccccc2)nc2ccccc12.O.O. The van der Waals surface area contributed by atoms with Gasteiger partial charge in [0, 0.05) is 29.7 Å². The number of hydrogen-bond acceptors (Lipinski definition) is 3. The number of fused-ring (bicyclic) bond motifs is 1. The van der Waals surface area contributed by atoms with E-state index >= 15 is 0 Å². The molecule has 0 aliphatic carbocycles. The maximum absolute atomic E-state index is 4.80. The number of anilines is 1. The van der Waals surface area contributed by atoms with Gasteiger partial charge in [0.1, 0.15) is 0 Å². The summed E-state index contributed by atoms with van der Waals surface area (Å²) in [4.78, 5) is 6.97. The average molecular weight is 489 g/mol. The van der Waals surface area contributed by atoms with Crippen LogP contribution in [0.3, 0.4) is 0 Å². The number of nitrogens with one attached hydrogen (secondary N) is 1. The van der Waals surface area contributed by atoms with E-state index in [9.17, 15) is 0 Å². The molecule has 0 atom stereocenters. The van der Waals surface area contributed by atoms with Gasteiger partial charge in [-0.3, -0.25) is 0 Å². The lowest BCUT2D eigenvalue weighted by molar-refractivity contribution is 0.425. The first kappa shape index (κ1) is 26.7. The number of pyridine rings is 1. The zero-order valence-corrected chi connectivity index (χ0v) is 18.3. The van der Waals surface area contributed by atoms with E-state index in [0.29, 0.717) is 0 Å². The molecule has 0 fully saturated rings. The van der Waals surface area contributed by atoms with Crippen molar-refractivity contribution in [2.45, 2.75) is 0 Å². The van der Waals surface area contributed by atoms with E-state index in [4.69, 9.17) is 4.98 Å². The molecular formula is C19H27Br2N3O2. The standard InChI is InChI=1S/C19H21N3.2BrH.2H2O/c1-22(2)13-12-20-19-14-18(15-8-4-3-5-9-15)21-17-11-7-6-10-16(17)19;;;;/h3-11,14H,12-13H2,1-2H3,(H,20,21);2*1H;2*1H2. The lowest BCUT2D eigenvalue weighted by Crippen LogP contribution is -2.20. The number of benzene rings is 2. The molecule has 1 heterocycles. The normalized spacial score (nSPS) is 9.35. The highest BCUT2D eigenvalue weighted by atomic mass is 79.9. The molecule has 144 valence electrons. The van der Waals surface area contributed by atoms with E-state index in [1.807, 2.05) is 24.3 Å². The van der Waals surface area contributed by atoms with Crippen molar-refractivity contribution in [1.29, 1.82) is 0 Å². The van der Waals surface area contributed by atoms with Gasteiger partial charge < -0.3 is 21.2 Å². The number of rotatable bonds is 5. The Hall–Kier alpha value is -1.51. The third-order valence-electron chi connectivity index (χ3n) is 3.66. The van der Waals surface area contributed by atoms with Crippen LogP contribution in [0.2, 0.25) is 0 Å². The zero-order valence-electron chi connectivity index (χ0n) is 14.9. The lowest BCUT2D eigenvalue weighted by atomic mass is 10.1. The molecule has 0 aliphatic rings. The maximum atomic E-state index is 4.80. The molecule has 0 unspecified atom stereocenters. The summed E-state index contributed by atoms with van der Waals surface area (Å²) < 4.78 is 0. The highest BCUT2D eigenvalue weighted by Gasteiger charge is 2.07. The zero-order chi connectivity index (χ0) is 15.4. The van der Waals surface area contributed by atoms with Crippen LogP contribution in [-0.2, 0) is 0 Å². The predicted molar refractivity (Wildman–Crippen MR) is 122 cm³/mol. The molecule has 3 rings (SSSR count). The van der Waals surface area contributed by atoms with Crippen molar-refractivity contribution in [3.63, 3.8) is 0 Å². The minimum absolute atomic E-state index is 0. The van der Waals surface area contributed by atoms with Gasteiger partial charge >= 0.3 is 0 Å². The number of likely N-dealkylation sites (N-methyl/N-ethyl adjacent to an activating group) is 1. The van der Waals surface area contributed by atoms with Crippen LogP contribution >= 0.6 is 34.0 Å². The maximum Gasteiger partial charge on any atom is 0.0730 e. The highest BCUT2D eigenvalue weighted by Crippen LogP contribution is 2.28. The molecule has 3 aromatic rings. The third kappa shape index (κ3) is 6.66. The Bertz CT molecular complexity index is 771. The van der Waals surface area contributed by atoms with Crippen molar-refractivity contribution >= 4 is 50.6 Å².